The van der Waals surface area contributed by atoms with E-state index in [9.17, 15) is 23.2 Å². The number of hydrogen-bond acceptors (Lipinski definition) is 6. The van der Waals surface area contributed by atoms with Crippen LogP contribution in [0.4, 0.5) is 25.8 Å². The van der Waals surface area contributed by atoms with Crippen molar-refractivity contribution < 1.29 is 27.9 Å². The Hall–Kier alpha value is -4.14. The SMILES string of the molecule is CCCC(=O)Cc1cc(Nc2ccc(F)c(F)c2)c(C(=O)Nc2ccc(CCC(=O)OCC)cc2)cn1. The molecule has 1 amide bonds. The summed E-state index contributed by atoms with van der Waals surface area (Å²) in [7, 11) is 0. The number of Topliss-reactive ketones (excluding diaryl/α,β-unsaturated/α-hetero) is 1. The number of nitrogens with one attached hydrogen (secondary N) is 2. The third-order valence-corrected chi connectivity index (χ3v) is 5.45. The minimum absolute atomic E-state index is 0.00836. The molecule has 1 heterocycles. The number of aryl methyl sites for hydroxylation is 1. The maximum atomic E-state index is 13.8. The molecule has 0 radical (unpaired) electrons. The molecule has 0 bridgehead atoms. The zero-order valence-corrected chi connectivity index (χ0v) is 20.8. The predicted octanol–water partition coefficient (Wildman–Crippen LogP) is 5.76. The zero-order valence-electron chi connectivity index (χ0n) is 20.8. The molecule has 3 rings (SSSR count). The number of benzene rings is 2. The Kier molecular flexibility index (Phi) is 9.83. The lowest BCUT2D eigenvalue weighted by Crippen LogP contribution is -2.15. The van der Waals surface area contributed by atoms with Crippen molar-refractivity contribution in [1.82, 2.24) is 4.98 Å². The number of aromatic nitrogens is 1. The first kappa shape index (κ1) is 27.4. The van der Waals surface area contributed by atoms with E-state index >= 15 is 0 Å². The second-order valence-corrected chi connectivity index (χ2v) is 8.40. The molecule has 9 heteroatoms. The molecule has 37 heavy (non-hydrogen) atoms. The summed E-state index contributed by atoms with van der Waals surface area (Å²) in [5, 5.41) is 5.72. The van der Waals surface area contributed by atoms with Crippen LogP contribution in [0.3, 0.4) is 0 Å². The number of ether oxygens (including phenoxy) is 1. The van der Waals surface area contributed by atoms with Crippen LogP contribution < -0.4 is 10.6 Å². The highest BCUT2D eigenvalue weighted by molar-refractivity contribution is 6.08. The molecule has 0 unspecified atom stereocenters. The van der Waals surface area contributed by atoms with Crippen molar-refractivity contribution in [3.8, 4) is 0 Å². The molecule has 7 nitrogen and oxygen atoms in total. The molecule has 194 valence electrons. The molecule has 0 aliphatic rings. The highest BCUT2D eigenvalue weighted by atomic mass is 19.2. The number of halogens is 2. The summed E-state index contributed by atoms with van der Waals surface area (Å²) in [6.07, 6.45) is 3.33. The number of rotatable bonds is 12. The van der Waals surface area contributed by atoms with Crippen LogP contribution in [0.15, 0.2) is 54.7 Å². The van der Waals surface area contributed by atoms with Crippen molar-refractivity contribution in [2.24, 2.45) is 0 Å². The van der Waals surface area contributed by atoms with Crippen molar-refractivity contribution in [1.29, 1.82) is 0 Å². The zero-order chi connectivity index (χ0) is 26.8. The topological polar surface area (TPSA) is 97.4 Å². The summed E-state index contributed by atoms with van der Waals surface area (Å²) in [6.45, 7) is 3.99. The van der Waals surface area contributed by atoms with Gasteiger partial charge in [-0.2, -0.15) is 0 Å². The molecule has 0 saturated heterocycles. The van der Waals surface area contributed by atoms with Gasteiger partial charge in [0.1, 0.15) is 5.78 Å². The van der Waals surface area contributed by atoms with Gasteiger partial charge in [-0.25, -0.2) is 8.78 Å². The Balaban J connectivity index is 1.79. The first-order valence-electron chi connectivity index (χ1n) is 12.1. The highest BCUT2D eigenvalue weighted by Gasteiger charge is 2.16. The van der Waals surface area contributed by atoms with Gasteiger partial charge in [0.25, 0.3) is 5.91 Å². The van der Waals surface area contributed by atoms with E-state index in [0.29, 0.717) is 42.9 Å². The van der Waals surface area contributed by atoms with E-state index in [4.69, 9.17) is 4.74 Å². The van der Waals surface area contributed by atoms with Gasteiger partial charge in [0, 0.05) is 48.6 Å². The third-order valence-electron chi connectivity index (χ3n) is 5.45. The van der Waals surface area contributed by atoms with Crippen LogP contribution in [-0.4, -0.2) is 29.3 Å². The summed E-state index contributed by atoms with van der Waals surface area (Å²) in [4.78, 5) is 41.0. The van der Waals surface area contributed by atoms with E-state index in [0.717, 1.165) is 17.7 Å². The molecule has 0 spiro atoms. The van der Waals surface area contributed by atoms with E-state index in [2.05, 4.69) is 15.6 Å². The van der Waals surface area contributed by atoms with Crippen molar-refractivity contribution >= 4 is 34.7 Å². The van der Waals surface area contributed by atoms with Crippen LogP contribution in [-0.2, 0) is 27.2 Å². The lowest BCUT2D eigenvalue weighted by molar-refractivity contribution is -0.143. The smallest absolute Gasteiger partial charge is 0.306 e. The minimum Gasteiger partial charge on any atom is -0.466 e. The average molecular weight is 510 g/mol. The fourth-order valence-electron chi connectivity index (χ4n) is 3.61. The molecule has 2 aromatic carbocycles. The number of anilines is 3. The van der Waals surface area contributed by atoms with E-state index in [-0.39, 0.29) is 35.8 Å². The van der Waals surface area contributed by atoms with E-state index in [1.807, 2.05) is 6.92 Å². The Morgan fingerprint density at radius 1 is 0.919 bits per heavy atom. The molecule has 0 atom stereocenters. The van der Waals surface area contributed by atoms with Gasteiger partial charge < -0.3 is 15.4 Å². The van der Waals surface area contributed by atoms with Crippen LogP contribution in [0, 0.1) is 11.6 Å². The number of esters is 1. The fraction of sp³-hybridized carbons (Fsp3) is 0.286. The summed E-state index contributed by atoms with van der Waals surface area (Å²) in [6, 6.07) is 11.9. The van der Waals surface area contributed by atoms with Crippen molar-refractivity contribution in [2.45, 2.75) is 46.0 Å². The fourth-order valence-corrected chi connectivity index (χ4v) is 3.61. The number of hydrogen-bond donors (Lipinski definition) is 2. The van der Waals surface area contributed by atoms with Crippen LogP contribution in [0.2, 0.25) is 0 Å². The first-order valence-corrected chi connectivity index (χ1v) is 12.1. The average Bonchev–Trinajstić information content (AvgIpc) is 2.86. The normalized spacial score (nSPS) is 10.6. The second kappa shape index (κ2) is 13.2. The summed E-state index contributed by atoms with van der Waals surface area (Å²) >= 11 is 0. The molecule has 0 aliphatic heterocycles. The quantitative estimate of drug-likeness (QED) is 0.301. The molecule has 1 aromatic heterocycles. The van der Waals surface area contributed by atoms with E-state index in [1.54, 1.807) is 37.3 Å². The Labute approximate surface area is 214 Å². The first-order chi connectivity index (χ1) is 17.8. The number of nitrogens with zero attached hydrogens (tertiary/aromatic N) is 1. The van der Waals surface area contributed by atoms with Gasteiger partial charge in [0.2, 0.25) is 0 Å². The largest absolute Gasteiger partial charge is 0.466 e. The van der Waals surface area contributed by atoms with Crippen LogP contribution in [0.5, 0.6) is 0 Å². The third kappa shape index (κ3) is 8.20. The van der Waals surface area contributed by atoms with Gasteiger partial charge in [0.05, 0.1) is 17.9 Å². The maximum Gasteiger partial charge on any atom is 0.306 e. The summed E-state index contributed by atoms with van der Waals surface area (Å²) in [5.41, 5.74) is 2.56. The van der Waals surface area contributed by atoms with Crippen molar-refractivity contribution in [2.75, 3.05) is 17.2 Å². The Morgan fingerprint density at radius 2 is 1.65 bits per heavy atom. The van der Waals surface area contributed by atoms with Crippen LogP contribution >= 0.6 is 0 Å². The second-order valence-electron chi connectivity index (χ2n) is 8.40. The van der Waals surface area contributed by atoms with Crippen molar-refractivity contribution in [3.05, 3.63) is 83.2 Å². The number of amides is 1. The van der Waals surface area contributed by atoms with Gasteiger partial charge in [-0.1, -0.05) is 19.1 Å². The molecule has 2 N–H and O–H groups in total. The Bertz CT molecular complexity index is 1260. The maximum absolute atomic E-state index is 13.8. The van der Waals surface area contributed by atoms with Gasteiger partial charge in [-0.05, 0) is 55.7 Å². The van der Waals surface area contributed by atoms with Crippen LogP contribution in [0.25, 0.3) is 0 Å². The molecule has 0 fully saturated rings. The lowest BCUT2D eigenvalue weighted by atomic mass is 10.1. The number of carbonyl (C=O) groups excluding carboxylic acids is 3. The van der Waals surface area contributed by atoms with Gasteiger partial charge in [-0.15, -0.1) is 0 Å². The molecular formula is C28H29F2N3O4. The van der Waals surface area contributed by atoms with Gasteiger partial charge in [-0.3, -0.25) is 19.4 Å². The number of carbonyl (C=O) groups is 3. The monoisotopic (exact) mass is 509 g/mol. The molecular weight excluding hydrogens is 480 g/mol. The van der Waals surface area contributed by atoms with E-state index < -0.39 is 17.5 Å². The standard InChI is InChI=1S/C28H29F2N3O4/c1-3-5-22(34)14-21-16-26(32-20-11-12-24(29)25(30)15-20)23(17-31-21)28(36)33-19-9-6-18(7-10-19)8-13-27(35)37-4-2/h6-7,9-12,15-17H,3-5,8,13-14H2,1-2H3,(H,31,32)(H,33,36). The molecule has 0 saturated carbocycles. The Morgan fingerprint density at radius 3 is 2.32 bits per heavy atom. The van der Waals surface area contributed by atoms with E-state index in [1.165, 1.54) is 12.3 Å². The highest BCUT2D eigenvalue weighted by Crippen LogP contribution is 2.25. The van der Waals surface area contributed by atoms with Crippen molar-refractivity contribution in [3.63, 3.8) is 0 Å². The number of pyridine rings is 1. The molecule has 3 aromatic rings. The molecule has 0 aliphatic carbocycles. The predicted molar refractivity (Wildman–Crippen MR) is 137 cm³/mol. The number of ketones is 1. The van der Waals surface area contributed by atoms with Gasteiger partial charge >= 0.3 is 5.97 Å². The summed E-state index contributed by atoms with van der Waals surface area (Å²) < 4.78 is 32.1. The van der Waals surface area contributed by atoms with Gasteiger partial charge in [0.15, 0.2) is 11.6 Å². The lowest BCUT2D eigenvalue weighted by Gasteiger charge is -2.14. The minimum atomic E-state index is -1.04. The summed E-state index contributed by atoms with van der Waals surface area (Å²) in [5.74, 6) is -2.77. The van der Waals surface area contributed by atoms with Crippen LogP contribution in [0.1, 0.15) is 54.7 Å².